The number of halogens is 2. The number of nitrogens with one attached hydrogen (secondary N) is 2. The molecular weight excluding hydrogens is 637 g/mol. The van der Waals surface area contributed by atoms with Crippen LogP contribution in [0.5, 0.6) is 11.5 Å². The average molecular weight is 660 g/mol. The Labute approximate surface area is 243 Å². The number of methoxy groups -OCH3 is 2. The molecule has 0 unspecified atom stereocenters. The third kappa shape index (κ3) is 7.95. The Hall–Kier alpha value is -4.08. The van der Waals surface area contributed by atoms with E-state index in [9.17, 15) is 19.6 Å². The summed E-state index contributed by atoms with van der Waals surface area (Å²) in [7, 11) is 2.72. The van der Waals surface area contributed by atoms with Crippen LogP contribution >= 0.6 is 34.2 Å². The van der Waals surface area contributed by atoms with E-state index in [1.54, 1.807) is 30.3 Å². The molecule has 2 N–H and O–H groups in total. The van der Waals surface area contributed by atoms with Crippen molar-refractivity contribution in [1.82, 2.24) is 0 Å². The standard InChI is InChI=1S/C28H23ClIN3O6/c1-16-4-7-21(13-22(16)29)32-25(34)15-39-26-23(30)11-17(12-24(26)37-2)10-19(14-31)27(35)33-20-8-5-18(6-9-20)28(36)38-3/h4-13H,15H2,1-3H3,(H,32,34)(H,33,35)/b19-10-. The maximum Gasteiger partial charge on any atom is 0.337 e. The minimum Gasteiger partial charge on any atom is -0.493 e. The van der Waals surface area contributed by atoms with Crippen LogP contribution in [0.1, 0.15) is 21.5 Å². The van der Waals surface area contributed by atoms with Crippen LogP contribution < -0.4 is 20.1 Å². The Bertz CT molecular complexity index is 1480. The summed E-state index contributed by atoms with van der Waals surface area (Å²) in [5.41, 5.74) is 2.52. The van der Waals surface area contributed by atoms with Crippen LogP contribution in [0.25, 0.3) is 6.08 Å². The first-order valence-electron chi connectivity index (χ1n) is 11.3. The number of benzene rings is 3. The molecule has 3 aromatic carbocycles. The predicted octanol–water partition coefficient (Wildman–Crippen LogP) is 5.61. The zero-order chi connectivity index (χ0) is 28.5. The maximum atomic E-state index is 12.7. The van der Waals surface area contributed by atoms with E-state index in [1.165, 1.54) is 44.6 Å². The van der Waals surface area contributed by atoms with Gasteiger partial charge < -0.3 is 24.8 Å². The number of carbonyl (C=O) groups is 3. The monoisotopic (exact) mass is 659 g/mol. The lowest BCUT2D eigenvalue weighted by atomic mass is 10.1. The van der Waals surface area contributed by atoms with Gasteiger partial charge in [0.15, 0.2) is 18.1 Å². The van der Waals surface area contributed by atoms with Gasteiger partial charge in [0.2, 0.25) is 0 Å². The number of hydrogen-bond donors (Lipinski definition) is 2. The SMILES string of the molecule is COC(=O)c1ccc(NC(=O)/C(C#N)=C\c2cc(I)c(OCC(=O)Nc3ccc(C)c(Cl)c3)c(OC)c2)cc1. The van der Waals surface area contributed by atoms with Gasteiger partial charge in [0.05, 0.1) is 23.4 Å². The Balaban J connectivity index is 1.71. The first kappa shape index (κ1) is 29.5. The first-order chi connectivity index (χ1) is 18.6. The second-order valence-electron chi connectivity index (χ2n) is 8.03. The van der Waals surface area contributed by atoms with Gasteiger partial charge >= 0.3 is 5.97 Å². The molecule has 0 radical (unpaired) electrons. The van der Waals surface area contributed by atoms with E-state index in [1.807, 2.05) is 35.6 Å². The molecule has 0 heterocycles. The van der Waals surface area contributed by atoms with E-state index in [4.69, 9.17) is 21.1 Å². The molecule has 200 valence electrons. The highest BCUT2D eigenvalue weighted by Crippen LogP contribution is 2.35. The van der Waals surface area contributed by atoms with E-state index in [0.717, 1.165) is 5.56 Å². The molecule has 3 rings (SSSR count). The summed E-state index contributed by atoms with van der Waals surface area (Å²) in [6, 6.07) is 16.4. The molecule has 3 aromatic rings. The van der Waals surface area contributed by atoms with E-state index in [2.05, 4.69) is 15.4 Å². The summed E-state index contributed by atoms with van der Waals surface area (Å²) < 4.78 is 16.4. The van der Waals surface area contributed by atoms with Crippen molar-refractivity contribution in [3.8, 4) is 17.6 Å². The summed E-state index contributed by atoms with van der Waals surface area (Å²) in [6.07, 6.45) is 1.40. The van der Waals surface area contributed by atoms with Gasteiger partial charge in [-0.25, -0.2) is 4.79 Å². The smallest absolute Gasteiger partial charge is 0.337 e. The van der Waals surface area contributed by atoms with Crippen LogP contribution in [0.2, 0.25) is 5.02 Å². The number of nitrogens with zero attached hydrogens (tertiary/aromatic N) is 1. The second-order valence-corrected chi connectivity index (χ2v) is 9.60. The lowest BCUT2D eigenvalue weighted by molar-refractivity contribution is -0.118. The van der Waals surface area contributed by atoms with Gasteiger partial charge in [0.25, 0.3) is 11.8 Å². The number of rotatable bonds is 9. The van der Waals surface area contributed by atoms with Crippen molar-refractivity contribution in [2.75, 3.05) is 31.5 Å². The van der Waals surface area contributed by atoms with Crippen molar-refractivity contribution in [2.24, 2.45) is 0 Å². The third-order valence-electron chi connectivity index (χ3n) is 5.29. The minimum atomic E-state index is -0.634. The fourth-order valence-electron chi connectivity index (χ4n) is 3.29. The highest BCUT2D eigenvalue weighted by molar-refractivity contribution is 14.1. The number of anilines is 2. The number of carbonyl (C=O) groups excluding carboxylic acids is 3. The molecule has 0 saturated heterocycles. The molecule has 0 spiro atoms. The molecule has 0 bridgehead atoms. The summed E-state index contributed by atoms with van der Waals surface area (Å²) in [6.45, 7) is 1.58. The number of ether oxygens (including phenoxy) is 3. The van der Waals surface area contributed by atoms with Crippen molar-refractivity contribution < 1.29 is 28.6 Å². The summed E-state index contributed by atoms with van der Waals surface area (Å²) in [4.78, 5) is 36.7. The number of hydrogen-bond acceptors (Lipinski definition) is 7. The van der Waals surface area contributed by atoms with Crippen molar-refractivity contribution >= 4 is 69.4 Å². The largest absolute Gasteiger partial charge is 0.493 e. The highest BCUT2D eigenvalue weighted by Gasteiger charge is 2.16. The lowest BCUT2D eigenvalue weighted by Crippen LogP contribution is -2.20. The molecule has 0 aliphatic heterocycles. The van der Waals surface area contributed by atoms with Crippen LogP contribution in [0.4, 0.5) is 11.4 Å². The number of esters is 1. The molecule has 0 atom stereocenters. The summed E-state index contributed by atoms with van der Waals surface area (Å²) in [5.74, 6) is -0.875. The minimum absolute atomic E-state index is 0.158. The van der Waals surface area contributed by atoms with Crippen LogP contribution in [0.15, 0.2) is 60.2 Å². The van der Waals surface area contributed by atoms with Crippen LogP contribution in [-0.4, -0.2) is 38.6 Å². The zero-order valence-corrected chi connectivity index (χ0v) is 24.0. The Kier molecular flexibility index (Phi) is 10.3. The van der Waals surface area contributed by atoms with E-state index >= 15 is 0 Å². The molecule has 0 aromatic heterocycles. The van der Waals surface area contributed by atoms with Crippen LogP contribution in [0, 0.1) is 21.8 Å². The summed E-state index contributed by atoms with van der Waals surface area (Å²) >= 11 is 8.12. The van der Waals surface area contributed by atoms with Crippen molar-refractivity contribution in [2.45, 2.75) is 6.92 Å². The van der Waals surface area contributed by atoms with Gasteiger partial charge in [-0.05, 0) is 95.2 Å². The molecule has 0 aliphatic rings. The number of nitriles is 1. The molecule has 2 amide bonds. The van der Waals surface area contributed by atoms with E-state index < -0.39 is 11.9 Å². The van der Waals surface area contributed by atoms with Crippen molar-refractivity contribution in [3.63, 3.8) is 0 Å². The number of aryl methyl sites for hydroxylation is 1. The van der Waals surface area contributed by atoms with Gasteiger partial charge in [0, 0.05) is 16.4 Å². The normalized spacial score (nSPS) is 10.7. The van der Waals surface area contributed by atoms with Gasteiger partial charge in [0.1, 0.15) is 11.6 Å². The molecule has 0 fully saturated rings. The molecule has 11 heteroatoms. The zero-order valence-electron chi connectivity index (χ0n) is 21.1. The van der Waals surface area contributed by atoms with Gasteiger partial charge in [-0.3, -0.25) is 9.59 Å². The fraction of sp³-hybridized carbons (Fsp3) is 0.143. The Morgan fingerprint density at radius 1 is 1.03 bits per heavy atom. The van der Waals surface area contributed by atoms with Gasteiger partial charge in [-0.15, -0.1) is 0 Å². The average Bonchev–Trinajstić information content (AvgIpc) is 2.92. The summed E-state index contributed by atoms with van der Waals surface area (Å²) in [5, 5.41) is 15.5. The Morgan fingerprint density at radius 2 is 1.72 bits per heavy atom. The molecule has 9 nitrogen and oxygen atoms in total. The van der Waals surface area contributed by atoms with Gasteiger partial charge in [-0.1, -0.05) is 17.7 Å². The Morgan fingerprint density at radius 3 is 2.33 bits per heavy atom. The van der Waals surface area contributed by atoms with Crippen molar-refractivity contribution in [3.05, 3.63) is 85.5 Å². The first-order valence-corrected chi connectivity index (χ1v) is 12.8. The van der Waals surface area contributed by atoms with E-state index in [0.29, 0.717) is 42.6 Å². The topological polar surface area (TPSA) is 127 Å². The fourth-order valence-corrected chi connectivity index (χ4v) is 4.25. The molecular formula is C28H23ClIN3O6. The van der Waals surface area contributed by atoms with Crippen LogP contribution in [0.3, 0.4) is 0 Å². The van der Waals surface area contributed by atoms with Gasteiger partial charge in [-0.2, -0.15) is 5.26 Å². The molecule has 39 heavy (non-hydrogen) atoms. The predicted molar refractivity (Wildman–Crippen MR) is 156 cm³/mol. The van der Waals surface area contributed by atoms with E-state index in [-0.39, 0.29) is 18.1 Å². The van der Waals surface area contributed by atoms with Crippen molar-refractivity contribution in [1.29, 1.82) is 5.26 Å². The third-order valence-corrected chi connectivity index (χ3v) is 6.50. The lowest BCUT2D eigenvalue weighted by Gasteiger charge is -2.14. The molecule has 0 saturated carbocycles. The number of amides is 2. The molecule has 0 aliphatic carbocycles. The maximum absolute atomic E-state index is 12.7. The van der Waals surface area contributed by atoms with Crippen LogP contribution in [-0.2, 0) is 14.3 Å². The quantitative estimate of drug-likeness (QED) is 0.132. The highest BCUT2D eigenvalue weighted by atomic mass is 127. The second kappa shape index (κ2) is 13.6.